The van der Waals surface area contributed by atoms with Gasteiger partial charge < -0.3 is 19.1 Å². The van der Waals surface area contributed by atoms with Gasteiger partial charge in [0.05, 0.1) is 30.7 Å². The van der Waals surface area contributed by atoms with Crippen LogP contribution in [0.5, 0.6) is 5.88 Å². The average molecular weight is 513 g/mol. The van der Waals surface area contributed by atoms with Crippen molar-refractivity contribution >= 4 is 32.7 Å². The van der Waals surface area contributed by atoms with Crippen LogP contribution in [0.1, 0.15) is 38.5 Å². The summed E-state index contributed by atoms with van der Waals surface area (Å²) in [7, 11) is 1.58. The van der Waals surface area contributed by atoms with Crippen molar-refractivity contribution in [3.8, 4) is 17.0 Å². The van der Waals surface area contributed by atoms with Crippen LogP contribution >= 0.6 is 11.3 Å². The largest absolute Gasteiger partial charge is 0.479 e. The van der Waals surface area contributed by atoms with Crippen molar-refractivity contribution < 1.29 is 19.0 Å². The maximum atomic E-state index is 13.1. The van der Waals surface area contributed by atoms with Crippen LogP contribution in [0, 0.1) is 5.41 Å². The molecule has 3 aliphatic heterocycles. The normalized spacial score (nSPS) is 21.8. The quantitative estimate of drug-likeness (QED) is 0.547. The number of thiazole rings is 1. The van der Waals surface area contributed by atoms with Crippen molar-refractivity contribution in [1.29, 1.82) is 0 Å². The number of urea groups is 1. The van der Waals surface area contributed by atoms with E-state index in [9.17, 15) is 4.79 Å². The van der Waals surface area contributed by atoms with E-state index in [1.54, 1.807) is 13.3 Å². The molecule has 6 heterocycles. The molecule has 2 amide bonds. The van der Waals surface area contributed by atoms with E-state index in [0.717, 1.165) is 87.4 Å². The number of fused-ring (bicyclic) bond motifs is 1. The predicted octanol–water partition coefficient (Wildman–Crippen LogP) is 4.17. The second-order valence-electron chi connectivity index (χ2n) is 10.0. The van der Waals surface area contributed by atoms with E-state index >= 15 is 0 Å². The number of likely N-dealkylation sites (tertiary alicyclic amines) is 1. The Hall–Kier alpha value is -2.76. The zero-order valence-electron chi connectivity index (χ0n) is 20.6. The lowest BCUT2D eigenvalue weighted by molar-refractivity contribution is 0.00400. The molecule has 1 spiro atoms. The smallest absolute Gasteiger partial charge is 0.323 e. The molecule has 0 radical (unpaired) electrons. The SMILES string of the molecule is COc1ncc(-c2cnn(C[C@@H]3CCCCO3)c2)c2sc(NC(=O)N3CCC4(CCOCC4)C3)nc12. The number of pyridine rings is 1. The highest BCUT2D eigenvalue weighted by atomic mass is 32.1. The zero-order chi connectivity index (χ0) is 24.5. The van der Waals surface area contributed by atoms with Gasteiger partial charge in [-0.3, -0.25) is 10.00 Å². The van der Waals surface area contributed by atoms with E-state index in [-0.39, 0.29) is 17.6 Å². The summed E-state index contributed by atoms with van der Waals surface area (Å²) in [5.41, 5.74) is 2.71. The number of methoxy groups -OCH3 is 1. The first-order valence-corrected chi connectivity index (χ1v) is 13.6. The summed E-state index contributed by atoms with van der Waals surface area (Å²) < 4.78 is 19.7. The number of aromatic nitrogens is 4. The van der Waals surface area contributed by atoms with Crippen molar-refractivity contribution in [3.05, 3.63) is 18.6 Å². The van der Waals surface area contributed by atoms with Gasteiger partial charge in [0.15, 0.2) is 5.13 Å². The highest BCUT2D eigenvalue weighted by Gasteiger charge is 2.41. The van der Waals surface area contributed by atoms with Crippen LogP contribution in [-0.4, -0.2) is 76.8 Å². The molecule has 1 atom stereocenters. The number of carbonyl (C=O) groups excluding carboxylic acids is 1. The Morgan fingerprint density at radius 2 is 2.14 bits per heavy atom. The van der Waals surface area contributed by atoms with E-state index in [4.69, 9.17) is 19.2 Å². The monoisotopic (exact) mass is 512 g/mol. The molecule has 0 unspecified atom stereocenters. The van der Waals surface area contributed by atoms with Gasteiger partial charge in [0.25, 0.3) is 0 Å². The van der Waals surface area contributed by atoms with Crippen LogP contribution < -0.4 is 10.1 Å². The van der Waals surface area contributed by atoms with Gasteiger partial charge in [0.2, 0.25) is 5.88 Å². The van der Waals surface area contributed by atoms with Gasteiger partial charge in [-0.15, -0.1) is 0 Å². The zero-order valence-corrected chi connectivity index (χ0v) is 21.4. The summed E-state index contributed by atoms with van der Waals surface area (Å²) in [5.74, 6) is 0.441. The molecule has 0 bridgehead atoms. The minimum atomic E-state index is -0.105. The maximum Gasteiger partial charge on any atom is 0.323 e. The van der Waals surface area contributed by atoms with Gasteiger partial charge in [-0.05, 0) is 43.9 Å². The number of hydrogen-bond donors (Lipinski definition) is 1. The third-order valence-corrected chi connectivity index (χ3v) is 8.68. The molecule has 11 heteroatoms. The van der Waals surface area contributed by atoms with Gasteiger partial charge in [0.1, 0.15) is 5.52 Å². The van der Waals surface area contributed by atoms with Gasteiger partial charge in [-0.1, -0.05) is 11.3 Å². The first kappa shape index (κ1) is 23.6. The average Bonchev–Trinajstić information content (AvgIpc) is 3.64. The molecule has 1 N–H and O–H groups in total. The van der Waals surface area contributed by atoms with Crippen molar-refractivity contribution in [3.63, 3.8) is 0 Å². The third-order valence-electron chi connectivity index (χ3n) is 7.68. The second-order valence-corrected chi connectivity index (χ2v) is 11.0. The Labute approximate surface area is 213 Å². The lowest BCUT2D eigenvalue weighted by Crippen LogP contribution is -2.37. The first-order chi connectivity index (χ1) is 17.6. The number of hydrogen-bond acceptors (Lipinski definition) is 8. The van der Waals surface area contributed by atoms with Crippen LogP contribution in [0.4, 0.5) is 9.93 Å². The lowest BCUT2D eigenvalue weighted by Gasteiger charge is -2.33. The minimum Gasteiger partial charge on any atom is -0.479 e. The van der Waals surface area contributed by atoms with Crippen LogP contribution in [0.2, 0.25) is 0 Å². The van der Waals surface area contributed by atoms with E-state index < -0.39 is 0 Å². The van der Waals surface area contributed by atoms with Gasteiger partial charge in [-0.25, -0.2) is 14.8 Å². The van der Waals surface area contributed by atoms with Gasteiger partial charge in [0, 0.05) is 56.4 Å². The lowest BCUT2D eigenvalue weighted by atomic mass is 9.80. The Bertz CT molecular complexity index is 1230. The van der Waals surface area contributed by atoms with Crippen molar-refractivity contribution in [2.45, 2.75) is 51.2 Å². The van der Waals surface area contributed by atoms with E-state index in [0.29, 0.717) is 16.5 Å². The molecule has 192 valence electrons. The molecule has 36 heavy (non-hydrogen) atoms. The molecule has 0 saturated carbocycles. The summed E-state index contributed by atoms with van der Waals surface area (Å²) in [6.07, 6.45) is 12.3. The second kappa shape index (κ2) is 9.95. The summed E-state index contributed by atoms with van der Waals surface area (Å²) >= 11 is 1.44. The summed E-state index contributed by atoms with van der Waals surface area (Å²) in [5, 5.41) is 8.13. The van der Waals surface area contributed by atoms with E-state index in [2.05, 4.69) is 15.4 Å². The fraction of sp³-hybridized carbons (Fsp3) is 0.600. The third kappa shape index (κ3) is 4.67. The molecule has 3 aliphatic rings. The van der Waals surface area contributed by atoms with Crippen LogP contribution in [-0.2, 0) is 16.0 Å². The number of rotatable bonds is 5. The molecule has 10 nitrogen and oxygen atoms in total. The fourth-order valence-electron chi connectivity index (χ4n) is 5.55. The summed E-state index contributed by atoms with van der Waals surface area (Å²) in [4.78, 5) is 24.2. The summed E-state index contributed by atoms with van der Waals surface area (Å²) in [6, 6.07) is -0.105. The molecule has 3 aromatic heterocycles. The van der Waals surface area contributed by atoms with Crippen molar-refractivity contribution in [1.82, 2.24) is 24.6 Å². The molecular formula is C25H32N6O4S. The fourth-order valence-corrected chi connectivity index (χ4v) is 6.53. The minimum absolute atomic E-state index is 0.105. The number of ether oxygens (including phenoxy) is 3. The van der Waals surface area contributed by atoms with Crippen molar-refractivity contribution in [2.24, 2.45) is 5.41 Å². The Morgan fingerprint density at radius 3 is 2.94 bits per heavy atom. The number of nitrogens with zero attached hydrogens (tertiary/aromatic N) is 5. The van der Waals surface area contributed by atoms with E-state index in [1.807, 2.05) is 22.0 Å². The molecule has 3 fully saturated rings. The van der Waals surface area contributed by atoms with Crippen molar-refractivity contribution in [2.75, 3.05) is 45.3 Å². The molecular weight excluding hydrogens is 480 g/mol. The Morgan fingerprint density at radius 1 is 1.25 bits per heavy atom. The van der Waals surface area contributed by atoms with Crippen LogP contribution in [0.25, 0.3) is 21.3 Å². The Kier molecular flexibility index (Phi) is 6.53. The highest BCUT2D eigenvalue weighted by molar-refractivity contribution is 7.23. The van der Waals surface area contributed by atoms with Crippen LogP contribution in [0.15, 0.2) is 18.6 Å². The maximum absolute atomic E-state index is 13.1. The molecule has 0 aromatic carbocycles. The summed E-state index contributed by atoms with van der Waals surface area (Å²) in [6.45, 7) is 4.66. The van der Waals surface area contributed by atoms with E-state index in [1.165, 1.54) is 17.8 Å². The number of nitrogens with one attached hydrogen (secondary N) is 1. The van der Waals surface area contributed by atoms with Gasteiger partial charge >= 0.3 is 6.03 Å². The van der Waals surface area contributed by atoms with Crippen LogP contribution in [0.3, 0.4) is 0 Å². The number of carbonyl (C=O) groups is 1. The predicted molar refractivity (Wildman–Crippen MR) is 136 cm³/mol. The Balaban J connectivity index is 1.21. The first-order valence-electron chi connectivity index (χ1n) is 12.7. The van der Waals surface area contributed by atoms with Gasteiger partial charge in [-0.2, -0.15) is 5.10 Å². The topological polar surface area (TPSA) is 104 Å². The number of amides is 2. The standard InChI is InChI=1S/C25H32N6O4S/c1-33-22-20-21(19(13-26-22)17-12-27-31(14-17)15-18-4-2-3-9-35-18)36-23(28-20)29-24(32)30-8-5-25(16-30)6-10-34-11-7-25/h12-14,18H,2-11,15-16H2,1H3,(H,28,29,32)/t18-/m0/s1. The number of anilines is 1. The molecule has 3 aromatic rings. The molecule has 6 rings (SSSR count). The molecule has 3 saturated heterocycles. The highest BCUT2D eigenvalue weighted by Crippen LogP contribution is 2.41. The molecule has 0 aliphatic carbocycles.